The fourth-order valence-corrected chi connectivity index (χ4v) is 9.68. The molecule has 7 atom stereocenters. The van der Waals surface area contributed by atoms with Gasteiger partial charge in [-0.05, 0) is 37.6 Å². The molecule has 5 aromatic rings. The summed E-state index contributed by atoms with van der Waals surface area (Å²) in [6, 6.07) is 15.2. The molecule has 0 saturated carbocycles. The van der Waals surface area contributed by atoms with Gasteiger partial charge in [0.05, 0.1) is 71.1 Å². The monoisotopic (exact) mass is 891 g/mol. The number of aliphatic hydroxyl groups is 4. The number of esters is 1. The Labute approximate surface area is 369 Å². The molecule has 18 heteroatoms. The third kappa shape index (κ3) is 6.74. The highest BCUT2D eigenvalue weighted by atomic mass is 16.7. The molecule has 18 nitrogen and oxygen atoms in total. The fraction of sp³-hybridized carbons (Fsp3) is 0.362. The molecule has 2 aliphatic carbocycles. The van der Waals surface area contributed by atoms with Crippen LogP contribution in [0.3, 0.4) is 0 Å². The molecule has 3 aromatic carbocycles. The maximum absolute atomic E-state index is 13.6. The van der Waals surface area contributed by atoms with Crippen molar-refractivity contribution >= 4 is 34.2 Å². The van der Waals surface area contributed by atoms with Gasteiger partial charge in [0.1, 0.15) is 36.1 Å². The number of Topliss-reactive ketones (excluding diaryl/α,β-unsaturated/α-hetero) is 1. The Kier molecular flexibility index (Phi) is 10.8. The van der Waals surface area contributed by atoms with Crippen LogP contribution in [-0.4, -0.2) is 107 Å². The fourth-order valence-electron chi connectivity index (χ4n) is 9.68. The number of ketones is 3. The van der Waals surface area contributed by atoms with Gasteiger partial charge in [-0.2, -0.15) is 0 Å². The number of aromatic hydroxyl groups is 2. The van der Waals surface area contributed by atoms with E-state index >= 15 is 0 Å². The number of nitrogens with two attached hydrogens (primary N) is 1. The van der Waals surface area contributed by atoms with E-state index in [1.54, 1.807) is 24.5 Å². The summed E-state index contributed by atoms with van der Waals surface area (Å²) in [4.78, 5) is 69.6. The first-order chi connectivity index (χ1) is 31.0. The number of ether oxygens (including phenoxy) is 4. The van der Waals surface area contributed by atoms with Crippen LogP contribution >= 0.6 is 0 Å². The van der Waals surface area contributed by atoms with Gasteiger partial charge in [-0.3, -0.25) is 19.2 Å². The van der Waals surface area contributed by atoms with Crippen molar-refractivity contribution in [1.29, 1.82) is 0 Å². The molecule has 0 radical (unpaired) electrons. The molecule has 65 heavy (non-hydrogen) atoms. The normalized spacial score (nSPS) is 26.1. The number of hydrogen-bond donors (Lipinski definition) is 7. The van der Waals surface area contributed by atoms with Gasteiger partial charge in [0, 0.05) is 58.5 Å². The molecule has 0 amide bonds. The zero-order valence-electron chi connectivity index (χ0n) is 35.4. The van der Waals surface area contributed by atoms with Crippen molar-refractivity contribution in [2.24, 2.45) is 5.73 Å². The number of aliphatic hydroxyl groups excluding tert-OH is 2. The van der Waals surface area contributed by atoms with Crippen LogP contribution in [-0.2, 0) is 49.0 Å². The number of pyridine rings is 2. The van der Waals surface area contributed by atoms with Crippen LogP contribution in [0.4, 0.5) is 0 Å². The van der Waals surface area contributed by atoms with Gasteiger partial charge in [0.15, 0.2) is 23.5 Å². The highest BCUT2D eigenvalue weighted by Gasteiger charge is 2.50. The predicted molar refractivity (Wildman–Crippen MR) is 226 cm³/mol. The summed E-state index contributed by atoms with van der Waals surface area (Å²) < 4.78 is 23.7. The molecular formula is C47H45N3O15. The van der Waals surface area contributed by atoms with E-state index in [4.69, 9.17) is 29.7 Å². The third-order valence-corrected chi connectivity index (χ3v) is 13.2. The Morgan fingerprint density at radius 3 is 2.43 bits per heavy atom. The Morgan fingerprint density at radius 2 is 1.72 bits per heavy atom. The van der Waals surface area contributed by atoms with Gasteiger partial charge in [0.2, 0.25) is 5.78 Å². The summed E-state index contributed by atoms with van der Waals surface area (Å²) in [5.41, 5.74) is 4.19. The summed E-state index contributed by atoms with van der Waals surface area (Å²) >= 11 is 0. The number of phenolic OH excluding ortho intramolecular Hbond substituents is 2. The van der Waals surface area contributed by atoms with Crippen molar-refractivity contribution < 1.29 is 68.8 Å². The van der Waals surface area contributed by atoms with Gasteiger partial charge in [-0.15, -0.1) is 0 Å². The van der Waals surface area contributed by atoms with Crippen LogP contribution < -0.4 is 16.0 Å². The lowest BCUT2D eigenvalue weighted by atomic mass is 9.72. The maximum Gasteiger partial charge on any atom is 0.343 e. The van der Waals surface area contributed by atoms with Crippen molar-refractivity contribution in [2.75, 3.05) is 13.7 Å². The second-order valence-corrected chi connectivity index (χ2v) is 17.0. The number of phenols is 2. The number of cyclic esters (lactones) is 1. The predicted octanol–water partition coefficient (Wildman–Crippen LogP) is 2.08. The van der Waals surface area contributed by atoms with Crippen molar-refractivity contribution in [1.82, 2.24) is 9.55 Å². The van der Waals surface area contributed by atoms with Crippen molar-refractivity contribution in [3.05, 3.63) is 115 Å². The molecule has 1 saturated heterocycles. The first-order valence-electron chi connectivity index (χ1n) is 21.0. The second kappa shape index (κ2) is 15.9. The number of fused-ring (bicyclic) bond motifs is 8. The van der Waals surface area contributed by atoms with Crippen LogP contribution in [0.25, 0.3) is 22.3 Å². The Bertz CT molecular complexity index is 2940. The average molecular weight is 892 g/mol. The second-order valence-electron chi connectivity index (χ2n) is 17.0. The zero-order valence-corrected chi connectivity index (χ0v) is 35.4. The quantitative estimate of drug-likeness (QED) is 0.0929. The molecule has 5 aliphatic rings. The molecule has 8 N–H and O–H groups in total. The number of nitrogens with zero attached hydrogens (tertiary/aromatic N) is 2. The van der Waals surface area contributed by atoms with E-state index in [2.05, 4.69) is 0 Å². The van der Waals surface area contributed by atoms with Gasteiger partial charge in [-0.1, -0.05) is 37.3 Å². The Hall–Kier alpha value is -6.38. The maximum atomic E-state index is 13.6. The van der Waals surface area contributed by atoms with Gasteiger partial charge in [0.25, 0.3) is 5.56 Å². The van der Waals surface area contributed by atoms with Crippen molar-refractivity contribution in [3.8, 4) is 28.6 Å². The number of carbonyl (C=O) groups excluding carboxylic acids is 4. The van der Waals surface area contributed by atoms with E-state index in [9.17, 15) is 54.6 Å². The molecule has 5 heterocycles. The summed E-state index contributed by atoms with van der Waals surface area (Å²) in [5.74, 6) is -4.48. The summed E-state index contributed by atoms with van der Waals surface area (Å²) in [6.45, 7) is 2.57. The molecule has 0 spiro atoms. The molecule has 1 fully saturated rings. The highest BCUT2D eigenvalue weighted by Crippen LogP contribution is 2.52. The number of aromatic nitrogens is 2. The number of carbonyl (C=O) groups is 4. The zero-order chi connectivity index (χ0) is 46.4. The van der Waals surface area contributed by atoms with E-state index in [0.717, 1.165) is 22.2 Å². The van der Waals surface area contributed by atoms with Crippen molar-refractivity contribution in [3.63, 3.8) is 0 Å². The largest absolute Gasteiger partial charge is 0.507 e. The van der Waals surface area contributed by atoms with Crippen LogP contribution in [0, 0.1) is 0 Å². The standard InChI is InChI=1S/C27H29NO11.C20H16N2O4/c1-10-22(31)13(28)6-17(38-10)39-15-8-27(36,16(30)9-29)7-12-19(15)26(35)21-20(24(12)33)23(32)11-4-3-5-14(37-2)18(11)25(21)34;1-2-20(25)14-8-16-17-12(7-11-5-3-4-6-15(11)21-17)9-22(16)18(23)13(14)10-26-19(20)24/h3-5,10,13,15,17,22,29,31,33,35-36H,6-9,28H2,1-2H3;3-8,25H,2,9-10H2,1H3/t10?,13?,15-,17?,22?,27-;/m0./s1. The topological polar surface area (TPSA) is 287 Å². The lowest BCUT2D eigenvalue weighted by Gasteiger charge is -2.42. The van der Waals surface area contributed by atoms with Crippen LogP contribution in [0.15, 0.2) is 59.4 Å². The Morgan fingerprint density at radius 1 is 0.985 bits per heavy atom. The number of para-hydroxylation sites is 1. The Balaban J connectivity index is 0.000000177. The molecule has 338 valence electrons. The minimum absolute atomic E-state index is 0.0173. The molecule has 5 unspecified atom stereocenters. The van der Waals surface area contributed by atoms with Gasteiger partial charge < -0.3 is 59.9 Å². The number of benzene rings is 3. The van der Waals surface area contributed by atoms with E-state index < -0.39 is 107 Å². The lowest BCUT2D eigenvalue weighted by Crippen LogP contribution is -2.53. The number of hydrogen-bond acceptors (Lipinski definition) is 17. The van der Waals surface area contributed by atoms with E-state index in [1.807, 2.05) is 30.3 Å². The average Bonchev–Trinajstić information content (AvgIpc) is 3.66. The molecule has 2 aromatic heterocycles. The SMILES string of the molecule is CCC1(O)C(=O)OCc2c1cc1n(c2=O)Cc2cc3ccccc3nc2-1.COc1cccc2c1C(=O)c1c(O)c3c(c(O)c1C2=O)C[C@@](O)(C(=O)CO)C[C@@H]3OC1CC(N)C(O)C(C)O1. The minimum atomic E-state index is -2.24. The molecular weight excluding hydrogens is 847 g/mol. The van der Waals surface area contributed by atoms with Crippen molar-refractivity contribution in [2.45, 2.75) is 94.5 Å². The summed E-state index contributed by atoms with van der Waals surface area (Å²) in [7, 11) is 1.32. The summed E-state index contributed by atoms with van der Waals surface area (Å²) in [5, 5.41) is 65.5. The minimum Gasteiger partial charge on any atom is -0.507 e. The molecule has 3 aliphatic heterocycles. The van der Waals surface area contributed by atoms with Crippen LogP contribution in [0.2, 0.25) is 0 Å². The molecule has 0 bridgehead atoms. The first-order valence-corrected chi connectivity index (χ1v) is 21.0. The summed E-state index contributed by atoms with van der Waals surface area (Å²) in [6.07, 6.45) is -4.98. The first kappa shape index (κ1) is 43.9. The third-order valence-electron chi connectivity index (χ3n) is 13.2. The number of methoxy groups -OCH3 is 1. The number of rotatable bonds is 6. The van der Waals surface area contributed by atoms with E-state index in [1.165, 1.54) is 25.3 Å². The smallest absolute Gasteiger partial charge is 0.343 e. The van der Waals surface area contributed by atoms with E-state index in [0.29, 0.717) is 23.4 Å². The lowest BCUT2D eigenvalue weighted by molar-refractivity contribution is -0.247. The van der Waals surface area contributed by atoms with E-state index in [-0.39, 0.29) is 53.0 Å². The molecule has 10 rings (SSSR count). The van der Waals surface area contributed by atoms with Crippen LogP contribution in [0.5, 0.6) is 17.2 Å². The van der Waals surface area contributed by atoms with Gasteiger partial charge in [-0.25, -0.2) is 9.78 Å². The van der Waals surface area contributed by atoms with Crippen LogP contribution in [0.1, 0.15) is 98.9 Å². The van der Waals surface area contributed by atoms with Gasteiger partial charge >= 0.3 is 5.97 Å². The highest BCUT2D eigenvalue weighted by molar-refractivity contribution is 6.31.